The molecule has 0 aliphatic carbocycles. The highest BCUT2D eigenvalue weighted by Gasteiger charge is 2.31. The zero-order valence-corrected chi connectivity index (χ0v) is 18.6. The van der Waals surface area contributed by atoms with Crippen molar-refractivity contribution in [3.8, 4) is 0 Å². The number of anilines is 2. The minimum atomic E-state index is -0.622. The molecule has 33 heavy (non-hydrogen) atoms. The Morgan fingerprint density at radius 2 is 1.91 bits per heavy atom. The number of quaternary nitrogens is 1. The first-order valence-electron chi connectivity index (χ1n) is 11.0. The predicted molar refractivity (Wildman–Crippen MR) is 122 cm³/mol. The normalized spacial score (nSPS) is 15.5. The van der Waals surface area contributed by atoms with Crippen molar-refractivity contribution < 1.29 is 28.0 Å². The average Bonchev–Trinajstić information content (AvgIpc) is 3.16. The van der Waals surface area contributed by atoms with Crippen molar-refractivity contribution in [2.75, 3.05) is 43.0 Å². The Balaban J connectivity index is 1.49. The summed E-state index contributed by atoms with van der Waals surface area (Å²) in [6, 6.07) is 10.3. The Labute approximate surface area is 190 Å². The summed E-state index contributed by atoms with van der Waals surface area (Å²) in [4.78, 5) is 31.5. The molecule has 4 rings (SSSR count). The van der Waals surface area contributed by atoms with Gasteiger partial charge in [-0.25, -0.2) is 13.6 Å². The molecule has 9 heteroatoms. The Hall–Kier alpha value is -3.46. The average molecular weight is 458 g/mol. The lowest BCUT2D eigenvalue weighted by molar-refractivity contribution is -0.914. The summed E-state index contributed by atoms with van der Waals surface area (Å²) in [5, 5.41) is 3.22. The number of carbonyl (C=O) groups excluding carboxylic acids is 2. The maximum atomic E-state index is 14.1. The molecule has 3 aromatic rings. The van der Waals surface area contributed by atoms with Crippen LogP contribution in [-0.2, 0) is 9.53 Å². The highest BCUT2D eigenvalue weighted by atomic mass is 19.1. The van der Waals surface area contributed by atoms with Crippen LogP contribution in [-0.4, -0.2) is 55.7 Å². The van der Waals surface area contributed by atoms with Crippen molar-refractivity contribution >= 4 is 34.2 Å². The molecule has 1 aliphatic heterocycles. The van der Waals surface area contributed by atoms with E-state index < -0.39 is 17.8 Å². The highest BCUT2D eigenvalue weighted by molar-refractivity contribution is 6.11. The van der Waals surface area contributed by atoms with Gasteiger partial charge in [0.05, 0.1) is 44.2 Å². The van der Waals surface area contributed by atoms with Crippen LogP contribution < -0.4 is 15.1 Å². The number of aromatic amines is 1. The Kier molecular flexibility index (Phi) is 6.60. The molecule has 174 valence electrons. The molecule has 2 aromatic carbocycles. The number of ether oxygens (including phenoxy) is 1. The molecule has 1 amide bonds. The third-order valence-electron chi connectivity index (χ3n) is 6.09. The third kappa shape index (κ3) is 4.68. The number of amides is 1. The Bertz CT molecular complexity index is 1170. The van der Waals surface area contributed by atoms with Gasteiger partial charge in [0, 0.05) is 10.9 Å². The smallest absolute Gasteiger partial charge is 0.356 e. The van der Waals surface area contributed by atoms with E-state index in [1.54, 1.807) is 25.1 Å². The lowest BCUT2D eigenvalue weighted by Crippen LogP contribution is -3.19. The number of H-pyrrole nitrogens is 1. The topological polar surface area (TPSA) is 78.9 Å². The second-order valence-electron chi connectivity index (χ2n) is 8.09. The Morgan fingerprint density at radius 3 is 2.61 bits per heavy atom. The molecule has 7 nitrogen and oxygen atoms in total. The van der Waals surface area contributed by atoms with Crippen LogP contribution in [0.1, 0.15) is 24.3 Å². The number of aromatic nitrogens is 1. The summed E-state index contributed by atoms with van der Waals surface area (Å²) >= 11 is 0. The third-order valence-corrected chi connectivity index (χ3v) is 6.09. The van der Waals surface area contributed by atoms with Crippen LogP contribution in [0, 0.1) is 11.6 Å². The molecule has 1 aliphatic rings. The molecule has 0 spiro atoms. The summed E-state index contributed by atoms with van der Waals surface area (Å²) in [6.07, 6.45) is 0. The zero-order chi connectivity index (χ0) is 23.5. The van der Waals surface area contributed by atoms with Crippen LogP contribution in [0.5, 0.6) is 0 Å². The first kappa shape index (κ1) is 22.7. The molecule has 1 fully saturated rings. The van der Waals surface area contributed by atoms with Crippen LogP contribution in [0.15, 0.2) is 42.5 Å². The van der Waals surface area contributed by atoms with Gasteiger partial charge in [0.2, 0.25) is 0 Å². The van der Waals surface area contributed by atoms with Gasteiger partial charge in [-0.15, -0.1) is 0 Å². The number of carbonyl (C=O) groups is 2. The number of piperazine rings is 1. The van der Waals surface area contributed by atoms with E-state index in [1.165, 1.54) is 24.3 Å². The molecule has 0 unspecified atom stereocenters. The van der Waals surface area contributed by atoms with E-state index in [4.69, 9.17) is 4.74 Å². The number of nitrogens with one attached hydrogen (secondary N) is 3. The van der Waals surface area contributed by atoms with Crippen molar-refractivity contribution in [1.29, 1.82) is 0 Å². The summed E-state index contributed by atoms with van der Waals surface area (Å²) < 4.78 is 33.1. The summed E-state index contributed by atoms with van der Waals surface area (Å²) in [7, 11) is 0. The molecule has 0 bridgehead atoms. The van der Waals surface area contributed by atoms with Gasteiger partial charge in [-0.3, -0.25) is 4.79 Å². The number of rotatable bonds is 6. The highest BCUT2D eigenvalue weighted by Crippen LogP contribution is 2.29. The molecule has 1 atom stereocenters. The van der Waals surface area contributed by atoms with Crippen LogP contribution >= 0.6 is 0 Å². The van der Waals surface area contributed by atoms with E-state index in [0.29, 0.717) is 42.8 Å². The zero-order valence-electron chi connectivity index (χ0n) is 18.6. The molecule has 1 aromatic heterocycles. The van der Waals surface area contributed by atoms with Gasteiger partial charge >= 0.3 is 5.97 Å². The molecule has 2 heterocycles. The standard InChI is InChI=1S/C24H26F2N4O3/c1-3-33-24(32)22-21(17-14-16(25)8-9-19(17)27-22)28-23(31)15(2)29-10-12-30(13-11-29)20-7-5-4-6-18(20)26/h4-9,14-15,27H,3,10-13H2,1-2H3,(H,28,31)/p+1/t15-/m1/s1. The first-order chi connectivity index (χ1) is 15.9. The number of nitrogens with zero attached hydrogens (tertiary/aromatic N) is 1. The minimum absolute atomic E-state index is 0.0809. The number of benzene rings is 2. The summed E-state index contributed by atoms with van der Waals surface area (Å²) in [5.74, 6) is -1.65. The second kappa shape index (κ2) is 9.58. The number of hydrogen-bond acceptors (Lipinski definition) is 4. The van der Waals surface area contributed by atoms with Crippen LogP contribution in [0.4, 0.5) is 20.2 Å². The first-order valence-corrected chi connectivity index (χ1v) is 11.0. The van der Waals surface area contributed by atoms with Crippen molar-refractivity contribution in [3.63, 3.8) is 0 Å². The van der Waals surface area contributed by atoms with E-state index in [1.807, 2.05) is 11.8 Å². The van der Waals surface area contributed by atoms with Crippen molar-refractivity contribution in [3.05, 3.63) is 59.8 Å². The SMILES string of the molecule is CCOC(=O)c1[nH]c2ccc(F)cc2c1NC(=O)[C@@H](C)[NH+]1CCN(c2ccccc2F)CC1. The van der Waals surface area contributed by atoms with E-state index >= 15 is 0 Å². The van der Waals surface area contributed by atoms with Gasteiger partial charge in [0.15, 0.2) is 6.04 Å². The van der Waals surface area contributed by atoms with Gasteiger partial charge in [0.25, 0.3) is 5.91 Å². The van der Waals surface area contributed by atoms with Crippen molar-refractivity contribution in [1.82, 2.24) is 4.98 Å². The number of hydrogen-bond donors (Lipinski definition) is 3. The lowest BCUT2D eigenvalue weighted by Gasteiger charge is -2.36. The van der Waals surface area contributed by atoms with Gasteiger partial charge in [-0.1, -0.05) is 12.1 Å². The molecule has 0 saturated carbocycles. The van der Waals surface area contributed by atoms with Crippen LogP contribution in [0.3, 0.4) is 0 Å². The molecule has 1 saturated heterocycles. The van der Waals surface area contributed by atoms with E-state index in [0.717, 1.165) is 4.90 Å². The van der Waals surface area contributed by atoms with Crippen LogP contribution in [0.25, 0.3) is 10.9 Å². The number of fused-ring (bicyclic) bond motifs is 1. The van der Waals surface area contributed by atoms with Crippen molar-refractivity contribution in [2.45, 2.75) is 19.9 Å². The van der Waals surface area contributed by atoms with Gasteiger partial charge in [-0.2, -0.15) is 0 Å². The fourth-order valence-electron chi connectivity index (χ4n) is 4.24. The number of para-hydroxylation sites is 1. The maximum Gasteiger partial charge on any atom is 0.356 e. The number of halogens is 2. The largest absolute Gasteiger partial charge is 0.461 e. The molecular formula is C24H27F2N4O3+. The van der Waals surface area contributed by atoms with E-state index in [9.17, 15) is 18.4 Å². The second-order valence-corrected chi connectivity index (χ2v) is 8.09. The monoisotopic (exact) mass is 457 g/mol. The van der Waals surface area contributed by atoms with E-state index in [2.05, 4.69) is 10.3 Å². The van der Waals surface area contributed by atoms with Gasteiger partial charge in [0.1, 0.15) is 17.3 Å². The maximum absolute atomic E-state index is 14.1. The van der Waals surface area contributed by atoms with Gasteiger partial charge < -0.3 is 24.8 Å². The summed E-state index contributed by atoms with van der Waals surface area (Å²) in [5.41, 5.74) is 1.38. The molecule has 3 N–H and O–H groups in total. The quantitative estimate of drug-likeness (QED) is 0.497. The fraction of sp³-hybridized carbons (Fsp3) is 0.333. The molecular weight excluding hydrogens is 430 g/mol. The predicted octanol–water partition coefficient (Wildman–Crippen LogP) is 2.35. The Morgan fingerprint density at radius 1 is 1.18 bits per heavy atom. The van der Waals surface area contributed by atoms with Crippen LogP contribution in [0.2, 0.25) is 0 Å². The van der Waals surface area contributed by atoms with Gasteiger partial charge in [-0.05, 0) is 44.2 Å². The minimum Gasteiger partial charge on any atom is -0.461 e. The summed E-state index contributed by atoms with van der Waals surface area (Å²) in [6.45, 7) is 6.18. The lowest BCUT2D eigenvalue weighted by atomic mass is 10.1. The molecule has 0 radical (unpaired) electrons. The van der Waals surface area contributed by atoms with E-state index in [-0.39, 0.29) is 29.7 Å². The fourth-order valence-corrected chi connectivity index (χ4v) is 4.24. The number of esters is 1. The van der Waals surface area contributed by atoms with Crippen molar-refractivity contribution in [2.24, 2.45) is 0 Å².